The summed E-state index contributed by atoms with van der Waals surface area (Å²) in [7, 11) is 0. The molecule has 5 rings (SSSR count). The molecule has 0 aliphatic rings. The van der Waals surface area contributed by atoms with Crippen molar-refractivity contribution >= 4 is 40.8 Å². The van der Waals surface area contributed by atoms with Gasteiger partial charge in [-0.2, -0.15) is 10.5 Å². The van der Waals surface area contributed by atoms with Gasteiger partial charge in [0, 0.05) is 17.1 Å². The Hall–Kier alpha value is -6.69. The van der Waals surface area contributed by atoms with Crippen LogP contribution in [0, 0.1) is 29.6 Å². The molecule has 0 saturated carbocycles. The number of anilines is 3. The summed E-state index contributed by atoms with van der Waals surface area (Å²) in [4.78, 5) is 13.6. The number of rotatable bonds is 10. The molecular formula is C44H35N3O2. The molecule has 0 atom stereocenters. The lowest BCUT2D eigenvalue weighted by molar-refractivity contribution is -0.132. The molecule has 0 unspecified atom stereocenters. The first kappa shape index (κ1) is 33.7. The lowest BCUT2D eigenvalue weighted by atomic mass is 9.95. The number of aliphatic carboxylic acids is 1. The molecule has 0 aliphatic carbocycles. The van der Waals surface area contributed by atoms with Crippen molar-refractivity contribution in [1.29, 1.82) is 10.5 Å². The number of carboxylic acids is 1. The molecule has 5 heteroatoms. The van der Waals surface area contributed by atoms with Crippen LogP contribution in [0.1, 0.15) is 41.7 Å². The summed E-state index contributed by atoms with van der Waals surface area (Å²) in [6, 6.07) is 49.5. The normalized spacial score (nSPS) is 11.9. The van der Waals surface area contributed by atoms with Gasteiger partial charge in [-0.15, -0.1) is 0 Å². The monoisotopic (exact) mass is 637 g/mol. The summed E-state index contributed by atoms with van der Waals surface area (Å²) in [6.45, 7) is 5.34. The topological polar surface area (TPSA) is 88.1 Å². The van der Waals surface area contributed by atoms with Crippen LogP contribution in [0.15, 0.2) is 162 Å². The van der Waals surface area contributed by atoms with Crippen molar-refractivity contribution in [3.8, 4) is 12.1 Å². The maximum absolute atomic E-state index is 11.4. The van der Waals surface area contributed by atoms with Crippen molar-refractivity contribution < 1.29 is 9.90 Å². The van der Waals surface area contributed by atoms with Crippen LogP contribution in [0.3, 0.4) is 0 Å². The Morgan fingerprint density at radius 2 is 1.08 bits per heavy atom. The van der Waals surface area contributed by atoms with Crippen molar-refractivity contribution in [2.75, 3.05) is 4.90 Å². The molecule has 0 saturated heterocycles. The van der Waals surface area contributed by atoms with Gasteiger partial charge >= 0.3 is 5.97 Å². The van der Waals surface area contributed by atoms with Crippen LogP contribution in [0.5, 0.6) is 0 Å². The van der Waals surface area contributed by atoms with Crippen molar-refractivity contribution in [2.45, 2.75) is 20.8 Å². The zero-order valence-corrected chi connectivity index (χ0v) is 27.6. The number of nitriles is 2. The number of aryl methyl sites for hydroxylation is 1. The van der Waals surface area contributed by atoms with Gasteiger partial charge in [0.25, 0.3) is 0 Å². The first-order valence-electron chi connectivity index (χ1n) is 15.8. The fourth-order valence-corrected chi connectivity index (χ4v) is 5.50. The number of hydrogen-bond acceptors (Lipinski definition) is 4. The molecule has 0 aliphatic heterocycles. The van der Waals surface area contributed by atoms with Gasteiger partial charge in [-0.25, -0.2) is 4.79 Å². The second-order valence-electron chi connectivity index (χ2n) is 11.6. The minimum atomic E-state index is -1.30. The van der Waals surface area contributed by atoms with E-state index in [1.54, 1.807) is 32.1 Å². The third-order valence-electron chi connectivity index (χ3n) is 8.08. The summed E-state index contributed by atoms with van der Waals surface area (Å²) in [5.41, 5.74) is 10.3. The average Bonchev–Trinajstić information content (AvgIpc) is 3.12. The van der Waals surface area contributed by atoms with E-state index < -0.39 is 5.97 Å². The molecule has 0 spiro atoms. The molecule has 5 nitrogen and oxygen atoms in total. The Labute approximate surface area is 288 Å². The fraction of sp³-hybridized carbons (Fsp3) is 0.0682. The maximum atomic E-state index is 11.4. The predicted octanol–water partition coefficient (Wildman–Crippen LogP) is 10.8. The number of hydrogen-bond donors (Lipinski definition) is 1. The minimum absolute atomic E-state index is 0.288. The van der Waals surface area contributed by atoms with Gasteiger partial charge in [-0.1, -0.05) is 109 Å². The van der Waals surface area contributed by atoms with Crippen LogP contribution in [0.4, 0.5) is 17.1 Å². The van der Waals surface area contributed by atoms with Crippen molar-refractivity contribution in [3.05, 3.63) is 190 Å². The number of carboxylic acid groups (broad SMARTS) is 1. The second-order valence-corrected chi connectivity index (χ2v) is 11.6. The molecule has 0 amide bonds. The Balaban J connectivity index is 1.49. The van der Waals surface area contributed by atoms with E-state index in [2.05, 4.69) is 121 Å². The summed E-state index contributed by atoms with van der Waals surface area (Å²) in [6.07, 6.45) is 5.52. The van der Waals surface area contributed by atoms with E-state index in [1.807, 2.05) is 36.4 Å². The number of nitrogens with zero attached hydrogens (tertiary/aromatic N) is 3. The standard InChI is InChI=1S/C44H35N3O2/c1-31-14-20-39(21-15-31)47(40-22-16-34(17-23-40)27-38(29-45)32(2)26-33(3)43(30-46)44(48)49)41-24-18-35(19-25-41)28-42(36-10-6-4-7-11-36)37-12-8-5-9-13-37/h4-28H,1-3H3,(H,48,49)/b32-26+,38-27-,43-33+. The highest BCUT2D eigenvalue weighted by molar-refractivity contribution is 5.93. The largest absolute Gasteiger partial charge is 0.477 e. The highest BCUT2D eigenvalue weighted by Gasteiger charge is 2.14. The van der Waals surface area contributed by atoms with Crippen LogP contribution in [-0.4, -0.2) is 11.1 Å². The Morgan fingerprint density at radius 3 is 1.51 bits per heavy atom. The molecule has 5 aromatic carbocycles. The van der Waals surface area contributed by atoms with Crippen molar-refractivity contribution in [3.63, 3.8) is 0 Å². The number of benzene rings is 5. The van der Waals surface area contributed by atoms with Gasteiger partial charge < -0.3 is 10.0 Å². The van der Waals surface area contributed by atoms with Crippen molar-refractivity contribution in [2.24, 2.45) is 0 Å². The third-order valence-corrected chi connectivity index (χ3v) is 8.08. The molecule has 49 heavy (non-hydrogen) atoms. The summed E-state index contributed by atoms with van der Waals surface area (Å²) >= 11 is 0. The van der Waals surface area contributed by atoms with Crippen molar-refractivity contribution in [1.82, 2.24) is 0 Å². The van der Waals surface area contributed by atoms with Crippen LogP contribution in [0.2, 0.25) is 0 Å². The zero-order chi connectivity index (χ0) is 34.8. The van der Waals surface area contributed by atoms with Crippen LogP contribution >= 0.6 is 0 Å². The summed E-state index contributed by atoms with van der Waals surface area (Å²) < 4.78 is 0. The third kappa shape index (κ3) is 8.37. The SMILES string of the molecule is CC(=C\C(C)=C(/C#N)C(=O)O)/C(C#N)=C\c1ccc(N(c2ccc(C)cc2)c2ccc(C=C(c3ccccc3)c3ccccc3)cc2)cc1. The van der Waals surface area contributed by atoms with Gasteiger partial charge in [0.05, 0.1) is 11.6 Å². The number of allylic oxidation sites excluding steroid dienone is 4. The van der Waals surface area contributed by atoms with Gasteiger partial charge in [0.2, 0.25) is 0 Å². The Bertz CT molecular complexity index is 2100. The molecule has 1 N–H and O–H groups in total. The van der Waals surface area contributed by atoms with E-state index in [-0.39, 0.29) is 11.1 Å². The first-order chi connectivity index (χ1) is 23.8. The molecule has 0 bridgehead atoms. The van der Waals surface area contributed by atoms with Gasteiger partial charge in [0.15, 0.2) is 0 Å². The minimum Gasteiger partial charge on any atom is -0.477 e. The van der Waals surface area contributed by atoms with Crippen LogP contribution in [0.25, 0.3) is 17.7 Å². The molecule has 0 aromatic heterocycles. The highest BCUT2D eigenvalue weighted by atomic mass is 16.4. The smallest absolute Gasteiger partial charge is 0.346 e. The molecule has 0 heterocycles. The van der Waals surface area contributed by atoms with E-state index in [1.165, 1.54) is 5.56 Å². The molecule has 238 valence electrons. The van der Waals surface area contributed by atoms with E-state index >= 15 is 0 Å². The molecule has 5 aromatic rings. The van der Waals surface area contributed by atoms with E-state index in [9.17, 15) is 20.4 Å². The predicted molar refractivity (Wildman–Crippen MR) is 199 cm³/mol. The lowest BCUT2D eigenvalue weighted by Crippen LogP contribution is -2.09. The van der Waals surface area contributed by atoms with E-state index in [0.717, 1.165) is 44.9 Å². The highest BCUT2D eigenvalue weighted by Crippen LogP contribution is 2.36. The lowest BCUT2D eigenvalue weighted by Gasteiger charge is -2.26. The quantitative estimate of drug-likeness (QED) is 0.0712. The van der Waals surface area contributed by atoms with Crippen LogP contribution < -0.4 is 4.90 Å². The Kier molecular flexibility index (Phi) is 10.8. The van der Waals surface area contributed by atoms with Gasteiger partial charge in [-0.05, 0) is 108 Å². The van der Waals surface area contributed by atoms with Crippen LogP contribution in [-0.2, 0) is 4.79 Å². The molecule has 0 fully saturated rings. The molecule has 0 radical (unpaired) electrons. The van der Waals surface area contributed by atoms with Gasteiger partial charge in [-0.3, -0.25) is 0 Å². The van der Waals surface area contributed by atoms with E-state index in [0.29, 0.717) is 11.1 Å². The fourth-order valence-electron chi connectivity index (χ4n) is 5.50. The van der Waals surface area contributed by atoms with Gasteiger partial charge in [0.1, 0.15) is 11.6 Å². The maximum Gasteiger partial charge on any atom is 0.346 e. The zero-order valence-electron chi connectivity index (χ0n) is 27.6. The average molecular weight is 638 g/mol. The summed E-state index contributed by atoms with van der Waals surface area (Å²) in [5, 5.41) is 28.3. The first-order valence-corrected chi connectivity index (χ1v) is 15.8. The second kappa shape index (κ2) is 15.7. The Morgan fingerprint density at radius 1 is 0.633 bits per heavy atom. The summed E-state index contributed by atoms with van der Waals surface area (Å²) in [5.74, 6) is -1.30. The molecular weight excluding hydrogens is 603 g/mol. The number of carbonyl (C=O) groups is 1. The van der Waals surface area contributed by atoms with E-state index in [4.69, 9.17) is 0 Å².